The van der Waals surface area contributed by atoms with Gasteiger partial charge in [0.15, 0.2) is 0 Å². The molecule has 1 aliphatic rings. The highest BCUT2D eigenvalue weighted by Crippen LogP contribution is 2.24. The number of carbonyl (C=O) groups excluding carboxylic acids is 2. The summed E-state index contributed by atoms with van der Waals surface area (Å²) in [6.07, 6.45) is 2.39. The van der Waals surface area contributed by atoms with Gasteiger partial charge in [0.2, 0.25) is 5.91 Å². The van der Waals surface area contributed by atoms with Crippen LogP contribution in [0.25, 0.3) is 0 Å². The van der Waals surface area contributed by atoms with Crippen molar-refractivity contribution in [3.63, 3.8) is 0 Å². The molecule has 0 saturated carbocycles. The molecule has 0 spiro atoms. The van der Waals surface area contributed by atoms with Gasteiger partial charge in [0.25, 0.3) is 5.91 Å². The van der Waals surface area contributed by atoms with E-state index in [1.165, 1.54) is 18.4 Å². The zero-order chi connectivity index (χ0) is 19.1. The Hall–Kier alpha value is -2.18. The lowest BCUT2D eigenvalue weighted by atomic mass is 10.1. The molecular formula is C21H24BrN3O2. The number of likely N-dealkylation sites (tertiary alicyclic amines) is 1. The summed E-state index contributed by atoms with van der Waals surface area (Å²) in [6.45, 7) is 2.60. The quantitative estimate of drug-likeness (QED) is 0.710. The summed E-state index contributed by atoms with van der Waals surface area (Å²) in [7, 11) is 0. The number of amides is 2. The summed E-state index contributed by atoms with van der Waals surface area (Å²) < 4.78 is 0.830. The van der Waals surface area contributed by atoms with E-state index in [1.807, 2.05) is 24.3 Å². The van der Waals surface area contributed by atoms with E-state index in [9.17, 15) is 9.59 Å². The summed E-state index contributed by atoms with van der Waals surface area (Å²) in [5.74, 6) is -0.441. The molecule has 0 unspecified atom stereocenters. The second-order valence-electron chi connectivity index (χ2n) is 6.67. The molecule has 2 amide bonds. The van der Waals surface area contributed by atoms with Gasteiger partial charge in [-0.05, 0) is 49.7 Å². The summed E-state index contributed by atoms with van der Waals surface area (Å²) in [4.78, 5) is 26.8. The van der Waals surface area contributed by atoms with E-state index in [1.54, 1.807) is 18.2 Å². The predicted octanol–water partition coefficient (Wildman–Crippen LogP) is 3.13. The molecule has 2 aromatic rings. The van der Waals surface area contributed by atoms with Crippen molar-refractivity contribution < 1.29 is 9.59 Å². The van der Waals surface area contributed by atoms with Gasteiger partial charge in [-0.1, -0.05) is 52.3 Å². The molecule has 1 aliphatic heterocycles. The van der Waals surface area contributed by atoms with Gasteiger partial charge in [0, 0.05) is 16.6 Å². The Balaban J connectivity index is 1.52. The molecule has 0 aromatic heterocycles. The van der Waals surface area contributed by atoms with Crippen molar-refractivity contribution in [3.05, 3.63) is 70.2 Å². The lowest BCUT2D eigenvalue weighted by molar-refractivity contribution is -0.120. The highest BCUT2D eigenvalue weighted by atomic mass is 79.9. The van der Waals surface area contributed by atoms with Crippen LogP contribution in [0.2, 0.25) is 0 Å². The van der Waals surface area contributed by atoms with Gasteiger partial charge in [-0.3, -0.25) is 14.5 Å². The molecule has 0 aliphatic carbocycles. The number of halogens is 1. The first-order valence-corrected chi connectivity index (χ1v) is 10.0. The lowest BCUT2D eigenvalue weighted by Gasteiger charge is -2.28. The van der Waals surface area contributed by atoms with Crippen molar-refractivity contribution in [3.8, 4) is 0 Å². The van der Waals surface area contributed by atoms with E-state index in [0.717, 1.165) is 17.6 Å². The van der Waals surface area contributed by atoms with Gasteiger partial charge in [-0.15, -0.1) is 0 Å². The minimum atomic E-state index is -0.259. The van der Waals surface area contributed by atoms with Gasteiger partial charge in [0.05, 0.1) is 12.6 Å². The summed E-state index contributed by atoms with van der Waals surface area (Å²) >= 11 is 3.34. The molecule has 0 bridgehead atoms. The third-order valence-corrected chi connectivity index (χ3v) is 5.25. The summed E-state index contributed by atoms with van der Waals surface area (Å²) in [5.41, 5.74) is 1.73. The van der Waals surface area contributed by atoms with Gasteiger partial charge in [-0.25, -0.2) is 0 Å². The minimum absolute atomic E-state index is 0.0349. The fourth-order valence-corrected chi connectivity index (χ4v) is 3.75. The Kier molecular flexibility index (Phi) is 7.01. The van der Waals surface area contributed by atoms with Crippen LogP contribution in [0, 0.1) is 0 Å². The largest absolute Gasteiger partial charge is 0.353 e. The maximum Gasteiger partial charge on any atom is 0.251 e. The lowest BCUT2D eigenvalue weighted by Crippen LogP contribution is -2.41. The standard InChI is InChI=1S/C21H24BrN3O2/c22-18-10-6-9-17(13-18)21(27)24-15-20(26)23-14-19(25-11-4-5-12-25)16-7-2-1-3-8-16/h1-3,6-10,13,19H,4-5,11-12,14-15H2,(H,23,26)(H,24,27)/t19-/m1/s1. The predicted molar refractivity (Wildman–Crippen MR) is 109 cm³/mol. The van der Waals surface area contributed by atoms with Crippen molar-refractivity contribution in [2.45, 2.75) is 18.9 Å². The number of nitrogens with one attached hydrogen (secondary N) is 2. The van der Waals surface area contributed by atoms with Crippen LogP contribution in [0.4, 0.5) is 0 Å². The van der Waals surface area contributed by atoms with Gasteiger partial charge < -0.3 is 10.6 Å². The third kappa shape index (κ3) is 5.65. The molecule has 27 heavy (non-hydrogen) atoms. The Morgan fingerprint density at radius 3 is 2.44 bits per heavy atom. The topological polar surface area (TPSA) is 61.4 Å². The molecular weight excluding hydrogens is 406 g/mol. The second kappa shape index (κ2) is 9.67. The average molecular weight is 430 g/mol. The average Bonchev–Trinajstić information content (AvgIpc) is 3.21. The van der Waals surface area contributed by atoms with E-state index in [0.29, 0.717) is 12.1 Å². The smallest absolute Gasteiger partial charge is 0.251 e. The first-order chi connectivity index (χ1) is 13.1. The normalized spacial score (nSPS) is 15.3. The number of carbonyl (C=O) groups is 2. The number of rotatable bonds is 7. The first kappa shape index (κ1) is 19.6. The number of hydrogen-bond donors (Lipinski definition) is 2. The van der Waals surface area contributed by atoms with Crippen LogP contribution in [0.1, 0.15) is 34.8 Å². The van der Waals surface area contributed by atoms with E-state index >= 15 is 0 Å². The first-order valence-electron chi connectivity index (χ1n) is 9.23. The Bertz CT molecular complexity index is 776. The molecule has 3 rings (SSSR count). The molecule has 5 nitrogen and oxygen atoms in total. The second-order valence-corrected chi connectivity index (χ2v) is 7.58. The molecule has 1 atom stereocenters. The maximum absolute atomic E-state index is 12.2. The van der Waals surface area contributed by atoms with Crippen molar-refractivity contribution in [1.29, 1.82) is 0 Å². The molecule has 2 aromatic carbocycles. The van der Waals surface area contributed by atoms with Gasteiger partial charge in [-0.2, -0.15) is 0 Å². The van der Waals surface area contributed by atoms with Crippen LogP contribution in [0.5, 0.6) is 0 Å². The van der Waals surface area contributed by atoms with Crippen molar-refractivity contribution in [1.82, 2.24) is 15.5 Å². The van der Waals surface area contributed by atoms with E-state index in [-0.39, 0.29) is 24.4 Å². The molecule has 1 fully saturated rings. The third-order valence-electron chi connectivity index (χ3n) is 4.75. The Morgan fingerprint density at radius 2 is 1.74 bits per heavy atom. The van der Waals surface area contributed by atoms with E-state index in [2.05, 4.69) is 43.6 Å². The fraction of sp³-hybridized carbons (Fsp3) is 0.333. The zero-order valence-corrected chi connectivity index (χ0v) is 16.7. The Labute approximate surface area is 168 Å². The fourth-order valence-electron chi connectivity index (χ4n) is 3.35. The molecule has 142 valence electrons. The number of benzene rings is 2. The highest BCUT2D eigenvalue weighted by molar-refractivity contribution is 9.10. The van der Waals surface area contributed by atoms with Crippen molar-refractivity contribution in [2.75, 3.05) is 26.2 Å². The molecule has 0 radical (unpaired) electrons. The van der Waals surface area contributed by atoms with Crippen LogP contribution in [0.3, 0.4) is 0 Å². The molecule has 1 saturated heterocycles. The highest BCUT2D eigenvalue weighted by Gasteiger charge is 2.23. The maximum atomic E-state index is 12.2. The monoisotopic (exact) mass is 429 g/mol. The van der Waals surface area contributed by atoms with E-state index < -0.39 is 0 Å². The van der Waals surface area contributed by atoms with Gasteiger partial charge in [0.1, 0.15) is 0 Å². The minimum Gasteiger partial charge on any atom is -0.353 e. The van der Waals surface area contributed by atoms with Crippen LogP contribution < -0.4 is 10.6 Å². The van der Waals surface area contributed by atoms with Crippen LogP contribution >= 0.6 is 15.9 Å². The number of hydrogen-bond acceptors (Lipinski definition) is 3. The molecule has 6 heteroatoms. The Morgan fingerprint density at radius 1 is 1.00 bits per heavy atom. The summed E-state index contributed by atoms with van der Waals surface area (Å²) in [6, 6.07) is 17.5. The zero-order valence-electron chi connectivity index (χ0n) is 15.2. The van der Waals surface area contributed by atoms with Crippen molar-refractivity contribution in [2.24, 2.45) is 0 Å². The van der Waals surface area contributed by atoms with E-state index in [4.69, 9.17) is 0 Å². The SMILES string of the molecule is O=C(CNC(=O)c1cccc(Br)c1)NC[C@H](c1ccccc1)N1CCCC1. The number of nitrogens with zero attached hydrogens (tertiary/aromatic N) is 1. The van der Waals surface area contributed by atoms with Crippen LogP contribution in [-0.2, 0) is 4.79 Å². The van der Waals surface area contributed by atoms with Crippen molar-refractivity contribution >= 4 is 27.7 Å². The van der Waals surface area contributed by atoms with Crippen LogP contribution in [0.15, 0.2) is 59.1 Å². The molecule has 1 heterocycles. The van der Waals surface area contributed by atoms with Crippen LogP contribution in [-0.4, -0.2) is 42.9 Å². The van der Waals surface area contributed by atoms with Gasteiger partial charge >= 0.3 is 0 Å². The molecule has 2 N–H and O–H groups in total. The summed E-state index contributed by atoms with van der Waals surface area (Å²) in [5, 5.41) is 5.65.